The van der Waals surface area contributed by atoms with Gasteiger partial charge in [0.2, 0.25) is 0 Å². The van der Waals surface area contributed by atoms with E-state index in [0.29, 0.717) is 17.5 Å². The van der Waals surface area contributed by atoms with Gasteiger partial charge in [0, 0.05) is 42.8 Å². The van der Waals surface area contributed by atoms with E-state index in [2.05, 4.69) is 4.90 Å². The van der Waals surface area contributed by atoms with Crippen LogP contribution in [-0.4, -0.2) is 75.5 Å². The summed E-state index contributed by atoms with van der Waals surface area (Å²) in [4.78, 5) is 28.0. The predicted molar refractivity (Wildman–Crippen MR) is 145 cm³/mol. The van der Waals surface area contributed by atoms with Crippen LogP contribution in [0.3, 0.4) is 0 Å². The fourth-order valence-electron chi connectivity index (χ4n) is 6.59. The number of methoxy groups -OCH3 is 1. The fraction of sp³-hybridized carbons (Fsp3) is 0.714. The normalized spacial score (nSPS) is 24.5. The lowest BCUT2D eigenvalue weighted by atomic mass is 9.71. The first-order chi connectivity index (χ1) is 18.1. The Morgan fingerprint density at radius 1 is 1.03 bits per heavy atom. The molecule has 1 spiro atoms. The molecule has 1 saturated carbocycles. The number of likely N-dealkylation sites (tertiary alicyclic amines) is 2. The first-order valence-electron chi connectivity index (χ1n) is 14.0. The van der Waals surface area contributed by atoms with Crippen molar-refractivity contribution in [3.05, 3.63) is 28.4 Å². The molecule has 3 aliphatic rings. The van der Waals surface area contributed by atoms with Gasteiger partial charge in [-0.15, -0.1) is 0 Å². The highest BCUT2D eigenvalue weighted by molar-refractivity contribution is 5.83. The molecule has 1 aromatic heterocycles. The fourth-order valence-corrected chi connectivity index (χ4v) is 6.59. The third-order valence-corrected chi connectivity index (χ3v) is 8.91. The highest BCUT2D eigenvalue weighted by Crippen LogP contribution is 2.43. The lowest BCUT2D eigenvalue weighted by molar-refractivity contribution is -0.385. The predicted octanol–water partition coefficient (Wildman–Crippen LogP) is 5.55. The Morgan fingerprint density at radius 2 is 1.63 bits per heavy atom. The van der Waals surface area contributed by atoms with Gasteiger partial charge in [0.1, 0.15) is 5.60 Å². The van der Waals surface area contributed by atoms with Crippen LogP contribution in [-0.2, 0) is 4.74 Å². The van der Waals surface area contributed by atoms with E-state index < -0.39 is 10.5 Å². The monoisotopic (exact) mass is 527 g/mol. The van der Waals surface area contributed by atoms with E-state index in [4.69, 9.17) is 14.6 Å². The zero-order valence-corrected chi connectivity index (χ0v) is 23.1. The van der Waals surface area contributed by atoms with Crippen LogP contribution in [0.2, 0.25) is 0 Å². The molecule has 10 nitrogen and oxygen atoms in total. The molecule has 1 amide bonds. The molecule has 208 valence electrons. The Hall–Kier alpha value is -2.88. The Bertz CT molecular complexity index is 1160. The van der Waals surface area contributed by atoms with Crippen molar-refractivity contribution in [1.29, 1.82) is 0 Å². The van der Waals surface area contributed by atoms with Crippen molar-refractivity contribution in [2.75, 3.05) is 33.3 Å². The van der Waals surface area contributed by atoms with Crippen LogP contribution >= 0.6 is 0 Å². The van der Waals surface area contributed by atoms with Gasteiger partial charge in [0.25, 0.3) is 0 Å². The number of benzene rings is 1. The van der Waals surface area contributed by atoms with Crippen LogP contribution in [0, 0.1) is 15.5 Å². The van der Waals surface area contributed by atoms with Gasteiger partial charge >= 0.3 is 11.8 Å². The maximum atomic E-state index is 12.5. The van der Waals surface area contributed by atoms with Crippen molar-refractivity contribution >= 4 is 22.7 Å². The molecule has 2 aliphatic heterocycles. The van der Waals surface area contributed by atoms with Crippen molar-refractivity contribution in [1.82, 2.24) is 19.6 Å². The molecule has 0 unspecified atom stereocenters. The average Bonchev–Trinajstić information content (AvgIpc) is 3.31. The number of aromatic nitrogens is 2. The first-order valence-corrected chi connectivity index (χ1v) is 14.0. The number of rotatable bonds is 4. The number of nitro groups is 1. The van der Waals surface area contributed by atoms with Crippen molar-refractivity contribution < 1.29 is 19.2 Å². The molecule has 0 atom stereocenters. The Kier molecular flexibility index (Phi) is 7.28. The van der Waals surface area contributed by atoms with Gasteiger partial charge in [-0.05, 0) is 90.6 Å². The number of carbonyl (C=O) groups is 1. The average molecular weight is 528 g/mol. The number of amides is 1. The van der Waals surface area contributed by atoms with Crippen LogP contribution in [0.1, 0.15) is 78.2 Å². The maximum absolute atomic E-state index is 12.5. The minimum absolute atomic E-state index is 0.0263. The second-order valence-electron chi connectivity index (χ2n) is 12.4. The molecular weight excluding hydrogens is 486 g/mol. The summed E-state index contributed by atoms with van der Waals surface area (Å²) in [6.45, 7) is 9.63. The van der Waals surface area contributed by atoms with Crippen LogP contribution in [0.4, 0.5) is 10.5 Å². The molecule has 1 aliphatic carbocycles. The van der Waals surface area contributed by atoms with E-state index in [1.165, 1.54) is 20.0 Å². The summed E-state index contributed by atoms with van der Waals surface area (Å²) in [6.07, 6.45) is 10.7. The SMILES string of the molecule is COc1cc2nn([C@H]3CC[C@@H](N4CCC5(CCN(C(=O)OC(C)(C)C)CC5)CC4)CC3)cc2cc1[N+](=O)[O-]. The highest BCUT2D eigenvalue weighted by Gasteiger charge is 2.41. The van der Waals surface area contributed by atoms with E-state index in [1.54, 1.807) is 12.1 Å². The van der Waals surface area contributed by atoms with Gasteiger partial charge in [-0.2, -0.15) is 5.10 Å². The number of hydrogen-bond acceptors (Lipinski definition) is 7. The standard InChI is InChI=1S/C28H41N5O5/c1-27(2,3)38-26(34)31-15-11-28(12-16-31)9-13-30(14-10-28)21-5-7-22(8-6-21)32-19-20-17-24(33(35)36)25(37-4)18-23(20)29-32/h17-19,21-22H,5-16H2,1-4H3/t21-,22+. The second kappa shape index (κ2) is 10.4. The molecule has 1 aromatic carbocycles. The quantitative estimate of drug-likeness (QED) is 0.379. The third-order valence-electron chi connectivity index (χ3n) is 8.91. The van der Waals surface area contributed by atoms with E-state index in [-0.39, 0.29) is 17.5 Å². The lowest BCUT2D eigenvalue weighted by Crippen LogP contribution is -2.51. The van der Waals surface area contributed by atoms with Gasteiger partial charge in [0.05, 0.1) is 23.6 Å². The molecule has 2 saturated heterocycles. The zero-order chi connectivity index (χ0) is 27.1. The van der Waals surface area contributed by atoms with Gasteiger partial charge < -0.3 is 19.3 Å². The van der Waals surface area contributed by atoms with Crippen molar-refractivity contribution in [3.63, 3.8) is 0 Å². The molecule has 3 heterocycles. The smallest absolute Gasteiger partial charge is 0.410 e. The number of fused-ring (bicyclic) bond motifs is 1. The lowest BCUT2D eigenvalue weighted by Gasteiger charge is -2.49. The summed E-state index contributed by atoms with van der Waals surface area (Å²) in [7, 11) is 1.45. The van der Waals surface area contributed by atoms with Gasteiger partial charge in [0.15, 0.2) is 5.75 Å². The first kappa shape index (κ1) is 26.7. The molecule has 0 radical (unpaired) electrons. The number of carbonyl (C=O) groups excluding carboxylic acids is 1. The van der Waals surface area contributed by atoms with Crippen LogP contribution in [0.15, 0.2) is 18.3 Å². The number of nitrogens with zero attached hydrogens (tertiary/aromatic N) is 5. The van der Waals surface area contributed by atoms with Crippen LogP contribution < -0.4 is 4.74 Å². The van der Waals surface area contributed by atoms with Crippen LogP contribution in [0.25, 0.3) is 10.9 Å². The Balaban J connectivity index is 1.12. The molecule has 0 N–H and O–H groups in total. The Morgan fingerprint density at radius 3 is 2.21 bits per heavy atom. The van der Waals surface area contributed by atoms with Crippen molar-refractivity contribution in [2.45, 2.75) is 89.8 Å². The van der Waals surface area contributed by atoms with Crippen molar-refractivity contribution in [2.24, 2.45) is 5.41 Å². The summed E-state index contributed by atoms with van der Waals surface area (Å²) < 4.78 is 12.8. The van der Waals surface area contributed by atoms with Crippen LogP contribution in [0.5, 0.6) is 5.75 Å². The summed E-state index contributed by atoms with van der Waals surface area (Å²) in [6, 6.07) is 4.15. The summed E-state index contributed by atoms with van der Waals surface area (Å²) in [5, 5.41) is 16.9. The molecule has 10 heteroatoms. The van der Waals surface area contributed by atoms with E-state index >= 15 is 0 Å². The summed E-state index contributed by atoms with van der Waals surface area (Å²) >= 11 is 0. The maximum Gasteiger partial charge on any atom is 0.410 e. The van der Waals surface area contributed by atoms with Gasteiger partial charge in [-0.25, -0.2) is 4.79 Å². The molecule has 0 bridgehead atoms. The van der Waals surface area contributed by atoms with Gasteiger partial charge in [-0.3, -0.25) is 14.8 Å². The molecule has 5 rings (SSSR count). The topological polar surface area (TPSA) is 103 Å². The highest BCUT2D eigenvalue weighted by atomic mass is 16.6. The summed E-state index contributed by atoms with van der Waals surface area (Å²) in [5.74, 6) is 0.245. The van der Waals surface area contributed by atoms with Gasteiger partial charge in [-0.1, -0.05) is 0 Å². The summed E-state index contributed by atoms with van der Waals surface area (Å²) in [5.41, 5.74) is 0.621. The van der Waals surface area contributed by atoms with E-state index in [0.717, 1.165) is 75.6 Å². The van der Waals surface area contributed by atoms with E-state index in [1.807, 2.05) is 36.5 Å². The second-order valence-corrected chi connectivity index (χ2v) is 12.4. The number of piperidine rings is 2. The zero-order valence-electron chi connectivity index (χ0n) is 23.1. The third kappa shape index (κ3) is 5.60. The molecular formula is C28H41N5O5. The largest absolute Gasteiger partial charge is 0.490 e. The Labute approximate surface area is 224 Å². The minimum atomic E-state index is -0.449. The van der Waals surface area contributed by atoms with Crippen molar-refractivity contribution in [3.8, 4) is 5.75 Å². The number of ether oxygens (including phenoxy) is 2. The number of nitro benzene ring substituents is 1. The molecule has 38 heavy (non-hydrogen) atoms. The molecule has 2 aromatic rings. The minimum Gasteiger partial charge on any atom is -0.490 e. The number of hydrogen-bond donors (Lipinski definition) is 0. The molecule has 3 fully saturated rings. The van der Waals surface area contributed by atoms with E-state index in [9.17, 15) is 14.9 Å².